The van der Waals surface area contributed by atoms with Crippen LogP contribution in [0.5, 0.6) is 0 Å². The fraction of sp³-hybridized carbons (Fsp3) is 0.571. The van der Waals surface area contributed by atoms with E-state index in [1.165, 1.54) is 7.11 Å². The molecule has 0 spiro atoms. The van der Waals surface area contributed by atoms with Gasteiger partial charge in [-0.25, -0.2) is 9.59 Å². The van der Waals surface area contributed by atoms with Crippen molar-refractivity contribution in [3.63, 3.8) is 0 Å². The number of allylic oxidation sites excluding steroid dienone is 1. The number of ketones is 1. The standard InChI is InChI=1S/C27H34O7.C15H21NO4/c1-14-10-11-27(32)23(34-24(31)15-8-6-5-7-9-15)20-16-13-33-17(16)12-18(28)26(20,4)22(30)21(29)19(14)25(27,2)3;1-15(2,3)20-14(18)16-12(10-13(17)19-4)11-8-6-5-7-9-11/h5-9,16-18,20-21,23,28-29,32H,10-13H2,1-4H3;5-9,12H,10H2,1-4H3,(H,16,18)/t16?,17?,18?,20?,21?,23-,26?,27?;/m0./s1. The fourth-order valence-corrected chi connectivity index (χ4v) is 8.87. The summed E-state index contributed by atoms with van der Waals surface area (Å²) in [4.78, 5) is 50.6. The van der Waals surface area contributed by atoms with Gasteiger partial charge in [-0.15, -0.1) is 0 Å². The molecule has 2 saturated carbocycles. The number of amides is 1. The number of Topliss-reactive ketones (excluding diaryl/α,β-unsaturated/α-hetero) is 1. The summed E-state index contributed by atoms with van der Waals surface area (Å²) in [7, 11) is 1.32. The van der Waals surface area contributed by atoms with E-state index >= 15 is 0 Å². The molecule has 4 N–H and O–H groups in total. The maximum absolute atomic E-state index is 14.0. The molecule has 12 nitrogen and oxygen atoms in total. The quantitative estimate of drug-likeness (QED) is 0.173. The van der Waals surface area contributed by atoms with E-state index in [4.69, 9.17) is 14.2 Å². The van der Waals surface area contributed by atoms with E-state index in [0.717, 1.165) is 11.1 Å². The van der Waals surface area contributed by atoms with Crippen LogP contribution < -0.4 is 5.32 Å². The molecule has 1 amide bonds. The number of aliphatic hydroxyl groups excluding tert-OH is 2. The lowest BCUT2D eigenvalue weighted by atomic mass is 9.46. The van der Waals surface area contributed by atoms with Crippen LogP contribution in [0, 0.1) is 22.7 Å². The number of esters is 2. The summed E-state index contributed by atoms with van der Waals surface area (Å²) >= 11 is 0. The number of fused-ring (bicyclic) bond motifs is 5. The number of carbonyl (C=O) groups excluding carboxylic acids is 4. The Balaban J connectivity index is 0.000000241. The molecule has 0 radical (unpaired) electrons. The van der Waals surface area contributed by atoms with Crippen LogP contribution in [0.2, 0.25) is 0 Å². The first-order chi connectivity index (χ1) is 25.3. The molecule has 1 heterocycles. The van der Waals surface area contributed by atoms with E-state index in [1.807, 2.05) is 51.1 Å². The van der Waals surface area contributed by atoms with Crippen LogP contribution in [0.15, 0.2) is 71.8 Å². The summed E-state index contributed by atoms with van der Waals surface area (Å²) in [6, 6.07) is 17.3. The maximum Gasteiger partial charge on any atom is 0.408 e. The van der Waals surface area contributed by atoms with Gasteiger partial charge in [-0.1, -0.05) is 68.0 Å². The molecular weight excluding hydrogens is 694 g/mol. The number of rotatable bonds is 6. The Labute approximate surface area is 317 Å². The van der Waals surface area contributed by atoms with Crippen molar-refractivity contribution in [3.8, 4) is 0 Å². The third-order valence-corrected chi connectivity index (χ3v) is 12.0. The normalized spacial score (nSPS) is 31.7. The Morgan fingerprint density at radius 1 is 1.00 bits per heavy atom. The van der Waals surface area contributed by atoms with Gasteiger partial charge in [0.05, 0.1) is 49.4 Å². The summed E-state index contributed by atoms with van der Waals surface area (Å²) in [6.07, 6.45) is -3.39. The molecule has 12 heteroatoms. The Kier molecular flexibility index (Phi) is 11.8. The van der Waals surface area contributed by atoms with E-state index in [-0.39, 0.29) is 24.9 Å². The molecule has 6 rings (SSSR count). The average molecular weight is 750 g/mol. The van der Waals surface area contributed by atoms with Gasteiger partial charge in [0.2, 0.25) is 0 Å². The predicted molar refractivity (Wildman–Crippen MR) is 198 cm³/mol. The number of nitrogens with one attached hydrogen (secondary N) is 1. The summed E-state index contributed by atoms with van der Waals surface area (Å²) in [5.41, 5.74) is -2.13. The zero-order chi connectivity index (χ0) is 39.8. The minimum atomic E-state index is -1.56. The minimum absolute atomic E-state index is 0.0553. The first-order valence-electron chi connectivity index (χ1n) is 18.6. The Morgan fingerprint density at radius 2 is 1.61 bits per heavy atom. The highest BCUT2D eigenvalue weighted by Crippen LogP contribution is 2.61. The van der Waals surface area contributed by atoms with Crippen LogP contribution in [-0.4, -0.2) is 88.5 Å². The molecule has 0 aromatic heterocycles. The summed E-state index contributed by atoms with van der Waals surface area (Å²) < 4.78 is 21.7. The van der Waals surface area contributed by atoms with Crippen molar-refractivity contribution in [2.24, 2.45) is 22.7 Å². The van der Waals surface area contributed by atoms with Gasteiger partial charge in [-0.05, 0) is 70.7 Å². The molecule has 1 aliphatic heterocycles. The Bertz CT molecular complexity index is 1740. The second-order valence-electron chi connectivity index (χ2n) is 16.7. The lowest BCUT2D eigenvalue weighted by Crippen LogP contribution is -2.74. The van der Waals surface area contributed by atoms with E-state index in [0.29, 0.717) is 30.6 Å². The number of aliphatic hydroxyl groups is 3. The summed E-state index contributed by atoms with van der Waals surface area (Å²) in [5.74, 6) is -2.37. The van der Waals surface area contributed by atoms with Gasteiger partial charge >= 0.3 is 18.0 Å². The van der Waals surface area contributed by atoms with Crippen molar-refractivity contribution >= 4 is 23.8 Å². The zero-order valence-electron chi connectivity index (χ0n) is 32.5. The molecule has 8 unspecified atom stereocenters. The molecule has 4 aliphatic rings. The minimum Gasteiger partial charge on any atom is -0.469 e. The van der Waals surface area contributed by atoms with Gasteiger partial charge in [-0.2, -0.15) is 0 Å². The van der Waals surface area contributed by atoms with Crippen LogP contribution in [-0.2, 0) is 28.5 Å². The zero-order valence-corrected chi connectivity index (χ0v) is 32.5. The molecule has 54 heavy (non-hydrogen) atoms. The van der Waals surface area contributed by atoms with E-state index in [9.17, 15) is 34.5 Å². The first-order valence-corrected chi connectivity index (χ1v) is 18.6. The summed E-state index contributed by atoms with van der Waals surface area (Å²) in [5, 5.41) is 37.8. The number of carbonyl (C=O) groups is 4. The van der Waals surface area contributed by atoms with Gasteiger partial charge in [-0.3, -0.25) is 9.59 Å². The molecule has 1 saturated heterocycles. The second-order valence-corrected chi connectivity index (χ2v) is 16.7. The monoisotopic (exact) mass is 749 g/mol. The van der Waals surface area contributed by atoms with Crippen LogP contribution in [0.25, 0.3) is 0 Å². The molecular formula is C42H55NO11. The number of hydrogen-bond donors (Lipinski definition) is 4. The van der Waals surface area contributed by atoms with E-state index in [2.05, 4.69) is 10.1 Å². The van der Waals surface area contributed by atoms with E-state index < -0.39 is 76.1 Å². The molecule has 2 aromatic carbocycles. The fourth-order valence-electron chi connectivity index (χ4n) is 8.87. The number of alkyl carbamates (subject to hydrolysis) is 1. The van der Waals surface area contributed by atoms with Crippen LogP contribution in [0.1, 0.15) is 96.1 Å². The second kappa shape index (κ2) is 15.6. The maximum atomic E-state index is 14.0. The molecule has 3 fully saturated rings. The number of ether oxygens (including phenoxy) is 4. The topological polar surface area (TPSA) is 178 Å². The van der Waals surface area contributed by atoms with Crippen molar-refractivity contribution in [3.05, 3.63) is 82.9 Å². The van der Waals surface area contributed by atoms with E-state index in [1.54, 1.807) is 58.0 Å². The van der Waals surface area contributed by atoms with Gasteiger partial charge in [0.15, 0.2) is 5.78 Å². The van der Waals surface area contributed by atoms with Gasteiger partial charge in [0.25, 0.3) is 0 Å². The van der Waals surface area contributed by atoms with Crippen molar-refractivity contribution < 1.29 is 53.4 Å². The average Bonchev–Trinajstić information content (AvgIpc) is 3.11. The number of methoxy groups -OCH3 is 1. The third kappa shape index (κ3) is 7.71. The van der Waals surface area contributed by atoms with Crippen LogP contribution in [0.3, 0.4) is 0 Å². The summed E-state index contributed by atoms with van der Waals surface area (Å²) in [6.45, 7) is 12.8. The van der Waals surface area contributed by atoms with Crippen molar-refractivity contribution in [1.29, 1.82) is 0 Å². The number of hydrogen-bond acceptors (Lipinski definition) is 11. The van der Waals surface area contributed by atoms with Crippen molar-refractivity contribution in [1.82, 2.24) is 5.32 Å². The lowest BCUT2D eigenvalue weighted by molar-refractivity contribution is -0.274. The van der Waals surface area contributed by atoms with Crippen molar-refractivity contribution in [2.45, 2.75) is 116 Å². The highest BCUT2D eigenvalue weighted by molar-refractivity contribution is 5.93. The highest BCUT2D eigenvalue weighted by atomic mass is 16.6. The lowest BCUT2D eigenvalue weighted by Gasteiger charge is -2.64. The molecule has 2 aromatic rings. The van der Waals surface area contributed by atoms with Crippen molar-refractivity contribution in [2.75, 3.05) is 13.7 Å². The highest BCUT2D eigenvalue weighted by Gasteiger charge is 2.71. The molecule has 294 valence electrons. The Hall–Kier alpha value is -4.10. The van der Waals surface area contributed by atoms with Gasteiger partial charge in [0, 0.05) is 23.7 Å². The Morgan fingerprint density at radius 3 is 2.17 bits per heavy atom. The smallest absolute Gasteiger partial charge is 0.408 e. The SMILES string of the molecule is CC1=C2C(O)C(=O)C3(C)C(O)CC4OCC4C3[C@H](OC(=O)c3ccccc3)C(O)(CC1)C2(C)C.COC(=O)CC(NC(=O)OC(C)(C)C)c1ccccc1. The van der Waals surface area contributed by atoms with Gasteiger partial charge in [0.1, 0.15) is 23.4 Å². The number of benzene rings is 2. The molecule has 2 bridgehead atoms. The van der Waals surface area contributed by atoms with Gasteiger partial charge < -0.3 is 39.6 Å². The largest absolute Gasteiger partial charge is 0.469 e. The molecule has 9 atom stereocenters. The van der Waals surface area contributed by atoms with Crippen LogP contribution >= 0.6 is 0 Å². The first kappa shape index (κ1) is 41.1. The van der Waals surface area contributed by atoms with Crippen LogP contribution in [0.4, 0.5) is 4.79 Å². The third-order valence-electron chi connectivity index (χ3n) is 12.0. The predicted octanol–water partition coefficient (Wildman–Crippen LogP) is 5.24. The molecule has 3 aliphatic carbocycles.